The number of carbonyl (C=O) groups excluding carboxylic acids is 1. The fourth-order valence-corrected chi connectivity index (χ4v) is 2.17. The molecule has 1 aliphatic carbocycles. The van der Waals surface area contributed by atoms with Crippen LogP contribution in [0.4, 0.5) is 0 Å². The number of aliphatic carboxylic acids is 1. The molecule has 16 heavy (non-hydrogen) atoms. The maximum absolute atomic E-state index is 11.2. The number of ketones is 1. The van der Waals surface area contributed by atoms with Gasteiger partial charge in [0.25, 0.3) is 5.97 Å². The van der Waals surface area contributed by atoms with Crippen LogP contribution in [0, 0.1) is 44.1 Å². The number of carboxylic acid groups (broad SMARTS) is 1. The molecule has 0 fully saturated rings. The van der Waals surface area contributed by atoms with Crippen molar-refractivity contribution in [3.63, 3.8) is 0 Å². The van der Waals surface area contributed by atoms with Crippen LogP contribution in [0.25, 0.3) is 5.73 Å². The van der Waals surface area contributed by atoms with Gasteiger partial charge in [-0.25, -0.2) is 0 Å². The van der Waals surface area contributed by atoms with Crippen molar-refractivity contribution in [1.29, 1.82) is 0 Å². The Morgan fingerprint density at radius 3 is 2.75 bits per heavy atom. The molecule has 87 valence electrons. The van der Waals surface area contributed by atoms with Gasteiger partial charge >= 0.3 is 0 Å². The van der Waals surface area contributed by atoms with E-state index in [1.165, 1.54) is 17.8 Å². The Morgan fingerprint density at radius 1 is 1.69 bits per heavy atom. The Kier molecular flexibility index (Phi) is 8.12. The fraction of sp³-hybridized carbons (Fsp3) is 0.556. The molecule has 0 saturated carbocycles. The third-order valence-corrected chi connectivity index (χ3v) is 3.07. The van der Waals surface area contributed by atoms with Gasteiger partial charge in [-0.05, 0) is 17.9 Å². The van der Waals surface area contributed by atoms with Gasteiger partial charge in [-0.15, -0.1) is 0 Å². The van der Waals surface area contributed by atoms with Gasteiger partial charge in [0, 0.05) is 61.8 Å². The van der Waals surface area contributed by atoms with Crippen LogP contribution in [0.15, 0.2) is 11.6 Å². The third-order valence-electron chi connectivity index (χ3n) is 1.99. The van der Waals surface area contributed by atoms with Crippen LogP contribution >= 0.6 is 11.8 Å². The average Bonchev–Trinajstić information content (AvgIpc) is 2.45. The molecular weight excluding hydrogens is 445 g/mol. The molecule has 1 aliphatic rings. The second kappa shape index (κ2) is 7.83. The second-order valence-corrected chi connectivity index (χ2v) is 4.32. The predicted molar refractivity (Wildman–Crippen MR) is 56.8 cm³/mol. The summed E-state index contributed by atoms with van der Waals surface area (Å²) >= 11 is 1.22. The van der Waals surface area contributed by atoms with E-state index in [1.54, 1.807) is 0 Å². The maximum atomic E-state index is 11.2. The van der Waals surface area contributed by atoms with Crippen molar-refractivity contribution in [3.05, 3.63) is 17.4 Å². The van der Waals surface area contributed by atoms with E-state index in [-0.39, 0.29) is 62.0 Å². The molecule has 2 unspecified atom stereocenters. The van der Waals surface area contributed by atoms with Crippen LogP contribution in [0.1, 0.15) is 6.42 Å². The van der Waals surface area contributed by atoms with Gasteiger partial charge < -0.3 is 15.9 Å². The molecular formula is C9H12AcNO4S-. The van der Waals surface area contributed by atoms with Crippen LogP contribution in [0.3, 0.4) is 0 Å². The minimum absolute atomic E-state index is 0. The zero-order chi connectivity index (χ0) is 11.4. The zero-order valence-corrected chi connectivity index (χ0v) is 14.1. The molecule has 0 spiro atoms. The zero-order valence-electron chi connectivity index (χ0n) is 8.55. The molecule has 0 amide bonds. The number of nitrogens with one attached hydrogen (secondary N) is 1. The van der Waals surface area contributed by atoms with Gasteiger partial charge in [-0.1, -0.05) is 0 Å². The number of Topliss-reactive ketones (excluding diaryl/α,β-unsaturated/α-hetero) is 1. The van der Waals surface area contributed by atoms with Crippen LogP contribution in [0.2, 0.25) is 0 Å². The van der Waals surface area contributed by atoms with Gasteiger partial charge in [-0.2, -0.15) is 11.8 Å². The largest absolute Gasteiger partial charge is 0.665 e. The SMILES string of the molecule is [Ac].[NH-]C(CSCC1=CC(O)CC1=O)C(=O)O. The Morgan fingerprint density at radius 2 is 2.31 bits per heavy atom. The van der Waals surface area contributed by atoms with Crippen molar-refractivity contribution in [2.75, 3.05) is 11.5 Å². The predicted octanol–water partition coefficient (Wildman–Crippen LogP) is 0.485. The van der Waals surface area contributed by atoms with E-state index in [1.807, 2.05) is 0 Å². The summed E-state index contributed by atoms with van der Waals surface area (Å²) in [5, 5.41) is 17.6. The van der Waals surface area contributed by atoms with E-state index in [2.05, 4.69) is 0 Å². The van der Waals surface area contributed by atoms with Crippen LogP contribution in [-0.4, -0.2) is 45.6 Å². The first-order chi connectivity index (χ1) is 7.00. The van der Waals surface area contributed by atoms with E-state index < -0.39 is 18.1 Å². The molecule has 1 radical (unpaired) electrons. The molecule has 7 heteroatoms. The van der Waals surface area contributed by atoms with Crippen molar-refractivity contribution >= 4 is 23.5 Å². The molecule has 0 bridgehead atoms. The normalized spacial score (nSPS) is 21.2. The van der Waals surface area contributed by atoms with Crippen molar-refractivity contribution in [3.8, 4) is 0 Å². The molecule has 0 aliphatic heterocycles. The summed E-state index contributed by atoms with van der Waals surface area (Å²) in [5.41, 5.74) is 7.65. The maximum Gasteiger partial charge on any atom is 0.286 e. The van der Waals surface area contributed by atoms with E-state index >= 15 is 0 Å². The van der Waals surface area contributed by atoms with Gasteiger partial charge in [0.15, 0.2) is 5.78 Å². The third kappa shape index (κ3) is 5.28. The van der Waals surface area contributed by atoms with E-state index in [9.17, 15) is 9.59 Å². The first kappa shape index (κ1) is 16.6. The van der Waals surface area contributed by atoms with Crippen molar-refractivity contribution < 1.29 is 63.9 Å². The molecule has 0 heterocycles. The van der Waals surface area contributed by atoms with Gasteiger partial charge in [-0.3, -0.25) is 9.59 Å². The Bertz CT molecular complexity index is 308. The monoisotopic (exact) mass is 457 g/mol. The summed E-state index contributed by atoms with van der Waals surface area (Å²) in [4.78, 5) is 21.5. The number of hydrogen-bond acceptors (Lipinski definition) is 4. The summed E-state index contributed by atoms with van der Waals surface area (Å²) in [6.45, 7) is 0. The van der Waals surface area contributed by atoms with Crippen LogP contribution in [0.5, 0.6) is 0 Å². The number of thioether (sulfide) groups is 1. The number of carbonyl (C=O) groups is 2. The molecule has 3 N–H and O–H groups in total. The number of aliphatic hydroxyl groups is 1. The topological polar surface area (TPSA) is 98.4 Å². The van der Waals surface area contributed by atoms with Gasteiger partial charge in [0.1, 0.15) is 0 Å². The summed E-state index contributed by atoms with van der Waals surface area (Å²) in [6, 6.07) is -1.16. The second-order valence-electron chi connectivity index (χ2n) is 3.29. The molecule has 0 saturated heterocycles. The smallest absolute Gasteiger partial charge is 0.286 e. The molecule has 5 nitrogen and oxygen atoms in total. The number of rotatable bonds is 5. The minimum Gasteiger partial charge on any atom is -0.665 e. The number of aliphatic hydroxyl groups excluding tert-OH is 1. The summed E-state index contributed by atoms with van der Waals surface area (Å²) < 4.78 is 0. The van der Waals surface area contributed by atoms with Gasteiger partial charge in [0.2, 0.25) is 0 Å². The van der Waals surface area contributed by atoms with E-state index in [4.69, 9.17) is 15.9 Å². The number of carboxylic acids is 1. The van der Waals surface area contributed by atoms with Crippen molar-refractivity contribution in [1.82, 2.24) is 0 Å². The van der Waals surface area contributed by atoms with Crippen LogP contribution in [-0.2, 0) is 9.59 Å². The van der Waals surface area contributed by atoms with Crippen molar-refractivity contribution in [2.45, 2.75) is 18.6 Å². The molecule has 1 rings (SSSR count). The summed E-state index contributed by atoms with van der Waals surface area (Å²) in [7, 11) is 0. The Hall–Kier alpha value is 0.592. The first-order valence-electron chi connectivity index (χ1n) is 4.44. The van der Waals surface area contributed by atoms with E-state index in [0.29, 0.717) is 11.3 Å². The summed E-state index contributed by atoms with van der Waals surface area (Å²) in [6.07, 6.45) is 0.924. The molecule has 2 atom stereocenters. The van der Waals surface area contributed by atoms with Gasteiger partial charge in [0.05, 0.1) is 6.10 Å². The Labute approximate surface area is 133 Å². The van der Waals surface area contributed by atoms with Crippen LogP contribution < -0.4 is 0 Å². The first-order valence-corrected chi connectivity index (χ1v) is 5.60. The molecule has 0 aromatic carbocycles. The standard InChI is InChI=1S/C9H12NO4S.Ac/c10-7(9(13)14)4-15-3-5-1-6(11)2-8(5)12;/h1,6-7,10-11H,2-4H2,(H,13,14);/q-1;. The van der Waals surface area contributed by atoms with E-state index in [0.717, 1.165) is 0 Å². The number of hydrogen-bond donors (Lipinski definition) is 2. The Balaban J connectivity index is 0.00000225. The molecule has 0 aromatic rings. The average molecular weight is 457 g/mol. The summed E-state index contributed by atoms with van der Waals surface area (Å²) in [5.74, 6) is -0.727. The quantitative estimate of drug-likeness (QED) is 0.626. The minimum atomic E-state index is -1.16. The van der Waals surface area contributed by atoms with Crippen molar-refractivity contribution in [2.24, 2.45) is 0 Å². The fourth-order valence-electron chi connectivity index (χ4n) is 1.19. The molecule has 0 aromatic heterocycles.